The third-order valence-electron chi connectivity index (χ3n) is 4.41. The molecule has 8 nitrogen and oxygen atoms in total. The number of nitrogens with zero attached hydrogens (tertiary/aromatic N) is 2. The Morgan fingerprint density at radius 3 is 2.61 bits per heavy atom. The third kappa shape index (κ3) is 4.93. The molecule has 0 saturated heterocycles. The van der Waals surface area contributed by atoms with Crippen molar-refractivity contribution in [1.29, 1.82) is 0 Å². The smallest absolute Gasteiger partial charge is 0.326 e. The lowest BCUT2D eigenvalue weighted by Crippen LogP contribution is -2.47. The lowest BCUT2D eigenvalue weighted by Gasteiger charge is -2.20. The number of amides is 1. The number of aliphatic carboxylic acids is 1. The molecule has 0 saturated carbocycles. The largest absolute Gasteiger partial charge is 0.497 e. The fourth-order valence-corrected chi connectivity index (χ4v) is 2.57. The Morgan fingerprint density at radius 2 is 2.04 bits per heavy atom. The molecule has 2 rings (SSSR count). The number of halogens is 1. The van der Waals surface area contributed by atoms with Gasteiger partial charge in [0, 0.05) is 17.7 Å². The van der Waals surface area contributed by atoms with Crippen LogP contribution in [0.4, 0.5) is 4.39 Å². The van der Waals surface area contributed by atoms with Crippen LogP contribution in [-0.2, 0) is 16.1 Å². The number of benzene rings is 1. The van der Waals surface area contributed by atoms with E-state index in [2.05, 4.69) is 10.4 Å². The summed E-state index contributed by atoms with van der Waals surface area (Å²) in [6, 6.07) is 5.63. The first-order chi connectivity index (χ1) is 13.3. The highest BCUT2D eigenvalue weighted by Crippen LogP contribution is 2.24. The summed E-state index contributed by atoms with van der Waals surface area (Å²) in [5, 5.41) is 15.7. The molecule has 0 radical (unpaired) electrons. The minimum atomic E-state index is -1.16. The Balaban J connectivity index is 2.25. The predicted molar refractivity (Wildman–Crippen MR) is 99.5 cm³/mol. The molecule has 28 heavy (non-hydrogen) atoms. The Hall–Kier alpha value is -3.23. The second kappa shape index (κ2) is 9.12. The van der Waals surface area contributed by atoms with Gasteiger partial charge in [-0.15, -0.1) is 0 Å². The van der Waals surface area contributed by atoms with Gasteiger partial charge in [0.25, 0.3) is 5.56 Å². The SMILES string of the molecule is CC[C@H](C)[C@H](NC(=O)Cn1nc(-c2ccc(OC)cc2F)ccc1=O)C(=O)O. The molecule has 0 aliphatic carbocycles. The molecule has 2 atom stereocenters. The number of hydrogen-bond donors (Lipinski definition) is 2. The highest BCUT2D eigenvalue weighted by molar-refractivity contribution is 5.83. The Labute approximate surface area is 160 Å². The van der Waals surface area contributed by atoms with E-state index in [0.717, 1.165) is 4.68 Å². The number of carbonyl (C=O) groups excluding carboxylic acids is 1. The second-order valence-electron chi connectivity index (χ2n) is 6.33. The number of methoxy groups -OCH3 is 1. The number of rotatable bonds is 8. The van der Waals surface area contributed by atoms with Crippen molar-refractivity contribution in [3.8, 4) is 17.0 Å². The van der Waals surface area contributed by atoms with Crippen LogP contribution in [0.2, 0.25) is 0 Å². The first-order valence-corrected chi connectivity index (χ1v) is 8.71. The lowest BCUT2D eigenvalue weighted by atomic mass is 9.99. The fourth-order valence-electron chi connectivity index (χ4n) is 2.57. The maximum atomic E-state index is 14.3. The van der Waals surface area contributed by atoms with E-state index in [-0.39, 0.29) is 17.2 Å². The number of carboxylic acids is 1. The first-order valence-electron chi connectivity index (χ1n) is 8.71. The van der Waals surface area contributed by atoms with E-state index in [4.69, 9.17) is 4.74 Å². The van der Waals surface area contributed by atoms with Crippen LogP contribution < -0.4 is 15.6 Å². The summed E-state index contributed by atoms with van der Waals surface area (Å²) < 4.78 is 20.1. The highest BCUT2D eigenvalue weighted by Gasteiger charge is 2.25. The van der Waals surface area contributed by atoms with Crippen molar-refractivity contribution in [1.82, 2.24) is 15.1 Å². The van der Waals surface area contributed by atoms with Crippen molar-refractivity contribution in [2.24, 2.45) is 5.92 Å². The van der Waals surface area contributed by atoms with Gasteiger partial charge in [-0.1, -0.05) is 20.3 Å². The minimum absolute atomic E-state index is 0.137. The second-order valence-corrected chi connectivity index (χ2v) is 6.33. The standard InChI is InChI=1S/C19H22FN3O5/c1-4-11(2)18(19(26)27)21-16(24)10-23-17(25)8-7-15(22-23)13-6-5-12(28-3)9-14(13)20/h5-9,11,18H,4,10H2,1-3H3,(H,21,24)(H,26,27)/t11-,18-/m0/s1. The van der Waals surface area contributed by atoms with Crippen LogP contribution in [0.15, 0.2) is 35.1 Å². The Morgan fingerprint density at radius 1 is 1.32 bits per heavy atom. The molecule has 2 N–H and O–H groups in total. The number of nitrogens with one attached hydrogen (secondary N) is 1. The number of carboxylic acid groups (broad SMARTS) is 1. The molecule has 9 heteroatoms. The van der Waals surface area contributed by atoms with Crippen LogP contribution in [0.1, 0.15) is 20.3 Å². The quantitative estimate of drug-likeness (QED) is 0.708. The summed E-state index contributed by atoms with van der Waals surface area (Å²) in [5.41, 5.74) is -0.273. The molecule has 1 heterocycles. The molecule has 0 fully saturated rings. The van der Waals surface area contributed by atoms with Gasteiger partial charge in [0.1, 0.15) is 24.2 Å². The maximum Gasteiger partial charge on any atom is 0.326 e. The number of aromatic nitrogens is 2. The van der Waals surface area contributed by atoms with Gasteiger partial charge in [0.2, 0.25) is 5.91 Å². The number of hydrogen-bond acceptors (Lipinski definition) is 5. The Bertz CT molecular complexity index is 928. The first kappa shape index (κ1) is 21.1. The van der Waals surface area contributed by atoms with Crippen molar-refractivity contribution in [2.45, 2.75) is 32.9 Å². The highest BCUT2D eigenvalue weighted by atomic mass is 19.1. The van der Waals surface area contributed by atoms with Crippen molar-refractivity contribution in [3.05, 3.63) is 46.5 Å². The zero-order valence-corrected chi connectivity index (χ0v) is 15.8. The van der Waals surface area contributed by atoms with E-state index in [1.54, 1.807) is 13.0 Å². The lowest BCUT2D eigenvalue weighted by molar-refractivity contribution is -0.143. The van der Waals surface area contributed by atoms with E-state index >= 15 is 0 Å². The molecule has 0 unspecified atom stereocenters. The van der Waals surface area contributed by atoms with Crippen molar-refractivity contribution < 1.29 is 23.8 Å². The van der Waals surface area contributed by atoms with Gasteiger partial charge in [0.15, 0.2) is 0 Å². The molecular formula is C19H22FN3O5. The zero-order valence-electron chi connectivity index (χ0n) is 15.8. The van der Waals surface area contributed by atoms with Gasteiger partial charge in [-0.2, -0.15) is 5.10 Å². The summed E-state index contributed by atoms with van der Waals surface area (Å²) in [4.78, 5) is 35.6. The molecule has 1 amide bonds. The zero-order chi connectivity index (χ0) is 20.8. The summed E-state index contributed by atoms with van der Waals surface area (Å²) in [6.07, 6.45) is 0.557. The molecular weight excluding hydrogens is 369 g/mol. The van der Waals surface area contributed by atoms with Gasteiger partial charge in [-0.3, -0.25) is 9.59 Å². The number of carbonyl (C=O) groups is 2. The average Bonchev–Trinajstić information content (AvgIpc) is 2.67. The van der Waals surface area contributed by atoms with E-state index in [9.17, 15) is 23.9 Å². The van der Waals surface area contributed by atoms with Crippen LogP contribution in [0.25, 0.3) is 11.3 Å². The Kier molecular flexibility index (Phi) is 6.86. The molecule has 0 bridgehead atoms. The normalized spacial score (nSPS) is 12.9. The van der Waals surface area contributed by atoms with Gasteiger partial charge >= 0.3 is 5.97 Å². The summed E-state index contributed by atoms with van der Waals surface area (Å²) in [7, 11) is 1.41. The van der Waals surface area contributed by atoms with Gasteiger partial charge in [-0.25, -0.2) is 13.9 Å². The molecule has 2 aromatic rings. The van der Waals surface area contributed by atoms with E-state index < -0.39 is 35.8 Å². The number of ether oxygens (including phenoxy) is 1. The van der Waals surface area contributed by atoms with Crippen molar-refractivity contribution in [2.75, 3.05) is 7.11 Å². The molecule has 0 aliphatic rings. The third-order valence-corrected chi connectivity index (χ3v) is 4.41. The predicted octanol–water partition coefficient (Wildman–Crippen LogP) is 1.67. The summed E-state index contributed by atoms with van der Waals surface area (Å²) >= 11 is 0. The molecule has 0 spiro atoms. The molecule has 150 valence electrons. The average molecular weight is 391 g/mol. The molecule has 1 aromatic heterocycles. The maximum absolute atomic E-state index is 14.3. The van der Waals surface area contributed by atoms with Crippen LogP contribution in [-0.4, -0.2) is 39.9 Å². The topological polar surface area (TPSA) is 111 Å². The summed E-state index contributed by atoms with van der Waals surface area (Å²) in [6.45, 7) is 3.03. The minimum Gasteiger partial charge on any atom is -0.497 e. The van der Waals surface area contributed by atoms with E-state index in [1.165, 1.54) is 31.4 Å². The fraction of sp³-hybridized carbons (Fsp3) is 0.368. The van der Waals surface area contributed by atoms with Gasteiger partial charge in [0.05, 0.1) is 12.8 Å². The van der Waals surface area contributed by atoms with Gasteiger partial charge in [-0.05, 0) is 24.1 Å². The van der Waals surface area contributed by atoms with Crippen LogP contribution >= 0.6 is 0 Å². The summed E-state index contributed by atoms with van der Waals surface area (Å²) in [5.74, 6) is -2.37. The van der Waals surface area contributed by atoms with Gasteiger partial charge < -0.3 is 15.2 Å². The van der Waals surface area contributed by atoms with Crippen molar-refractivity contribution in [3.63, 3.8) is 0 Å². The van der Waals surface area contributed by atoms with E-state index in [0.29, 0.717) is 12.2 Å². The van der Waals surface area contributed by atoms with Crippen LogP contribution in [0.5, 0.6) is 5.75 Å². The monoisotopic (exact) mass is 391 g/mol. The van der Waals surface area contributed by atoms with E-state index in [1.807, 2.05) is 6.92 Å². The van der Waals surface area contributed by atoms with Crippen molar-refractivity contribution >= 4 is 11.9 Å². The molecule has 0 aliphatic heterocycles. The van der Waals surface area contributed by atoms with Crippen LogP contribution in [0, 0.1) is 11.7 Å². The van der Waals surface area contributed by atoms with Crippen LogP contribution in [0.3, 0.4) is 0 Å². The molecule has 1 aromatic carbocycles.